The smallest absolute Gasteiger partial charge is 0.108 e. The summed E-state index contributed by atoms with van der Waals surface area (Å²) in [4.78, 5) is 0. The summed E-state index contributed by atoms with van der Waals surface area (Å²) < 4.78 is 7.14. The zero-order valence-electron chi connectivity index (χ0n) is 15.1. The SMILES string of the molecule is C[CH]=[Zr+2].OCCOc1ccc[cH-]1.[Cl-].[Cl-].c1ccc2c(c1)[cH-]c1ccccc12. The molecule has 0 spiro atoms. The largest absolute Gasteiger partial charge is 1.00 e. The van der Waals surface area contributed by atoms with Crippen molar-refractivity contribution in [1.82, 2.24) is 0 Å². The van der Waals surface area contributed by atoms with Crippen LogP contribution in [0.1, 0.15) is 6.92 Å². The van der Waals surface area contributed by atoms with Gasteiger partial charge < -0.3 is 34.7 Å². The van der Waals surface area contributed by atoms with E-state index in [1.807, 2.05) is 31.2 Å². The fourth-order valence-electron chi connectivity index (χ4n) is 2.52. The molecule has 0 aliphatic rings. The zero-order chi connectivity index (χ0) is 17.9. The van der Waals surface area contributed by atoms with Gasteiger partial charge in [0.25, 0.3) is 0 Å². The van der Waals surface area contributed by atoms with Gasteiger partial charge in [0.05, 0.1) is 6.61 Å². The topological polar surface area (TPSA) is 29.5 Å². The van der Waals surface area contributed by atoms with Gasteiger partial charge in [-0.3, -0.25) is 0 Å². The molecule has 0 fully saturated rings. The van der Waals surface area contributed by atoms with Gasteiger partial charge in [-0.15, -0.1) is 45.8 Å². The van der Waals surface area contributed by atoms with E-state index in [-0.39, 0.29) is 31.4 Å². The van der Waals surface area contributed by atoms with Crippen molar-refractivity contribution in [1.29, 1.82) is 0 Å². The summed E-state index contributed by atoms with van der Waals surface area (Å²) in [6, 6.07) is 26.8. The summed E-state index contributed by atoms with van der Waals surface area (Å²) in [5.41, 5.74) is 0. The number of rotatable bonds is 3. The molecule has 0 aliphatic heterocycles. The second-order valence-corrected chi connectivity index (χ2v) is 6.72. The Morgan fingerprint density at radius 3 is 1.89 bits per heavy atom. The maximum atomic E-state index is 8.34. The molecule has 0 saturated carbocycles. The summed E-state index contributed by atoms with van der Waals surface area (Å²) in [6.45, 7) is 2.49. The van der Waals surface area contributed by atoms with Gasteiger partial charge in [0.15, 0.2) is 0 Å². The van der Waals surface area contributed by atoms with Crippen molar-refractivity contribution < 1.29 is 58.9 Å². The Hall–Kier alpha value is -1.25. The first-order valence-electron chi connectivity index (χ1n) is 8.23. The number of fused-ring (bicyclic) bond motifs is 3. The molecule has 0 aromatic heterocycles. The van der Waals surface area contributed by atoms with Crippen LogP contribution in [0.4, 0.5) is 0 Å². The molecule has 0 unspecified atom stereocenters. The van der Waals surface area contributed by atoms with Crippen molar-refractivity contribution in [2.24, 2.45) is 0 Å². The predicted molar refractivity (Wildman–Crippen MR) is 103 cm³/mol. The van der Waals surface area contributed by atoms with Crippen LogP contribution in [-0.4, -0.2) is 22.0 Å². The monoisotopic (exact) mass is 478 g/mol. The second-order valence-electron chi connectivity index (χ2n) is 5.30. The van der Waals surface area contributed by atoms with E-state index in [2.05, 4.69) is 58.3 Å². The molecule has 27 heavy (non-hydrogen) atoms. The van der Waals surface area contributed by atoms with E-state index in [9.17, 15) is 0 Å². The fraction of sp³-hybridized carbons (Fsp3) is 0.136. The molecule has 0 amide bonds. The second kappa shape index (κ2) is 14.8. The van der Waals surface area contributed by atoms with Gasteiger partial charge in [0.2, 0.25) is 0 Å². The number of aliphatic hydroxyl groups excluding tert-OH is 1. The van der Waals surface area contributed by atoms with Crippen molar-refractivity contribution in [3.63, 3.8) is 0 Å². The zero-order valence-corrected chi connectivity index (χ0v) is 19.1. The van der Waals surface area contributed by atoms with E-state index in [0.717, 1.165) is 5.75 Å². The van der Waals surface area contributed by atoms with Crippen LogP contribution in [-0.2, 0) is 24.2 Å². The number of ether oxygens (including phenoxy) is 1. The third kappa shape index (κ3) is 8.11. The van der Waals surface area contributed by atoms with Crippen LogP contribution < -0.4 is 29.6 Å². The standard InChI is InChI=1S/C13H9.C7H9O2.C2H4.2ClH.Zr/c1-3-7-12-10(5-1)9-11-6-2-4-8-13(11)12;8-5-6-9-7-3-1-2-4-7;1-2;;;/h1-9H;1-4,8H,5-6H2;1H,2H3;2*1H;/q2*-1;;;;+2/p-2. The van der Waals surface area contributed by atoms with Gasteiger partial charge in [-0.25, -0.2) is 6.07 Å². The van der Waals surface area contributed by atoms with Gasteiger partial charge in [0.1, 0.15) is 6.61 Å². The molecule has 4 aromatic rings. The number of benzene rings is 2. The molecule has 5 heteroatoms. The number of hydrogen-bond donors (Lipinski definition) is 1. The first-order chi connectivity index (χ1) is 12.3. The minimum absolute atomic E-state index is 0. The summed E-state index contributed by atoms with van der Waals surface area (Å²) in [5, 5.41) is 13.7. The maximum Gasteiger partial charge on any atom is 0.108 e. The maximum absolute atomic E-state index is 8.34. The normalized spacial score (nSPS) is 9.04. The number of aliphatic hydroxyl groups is 1. The Kier molecular flexibility index (Phi) is 14.1. The number of hydrogen-bond acceptors (Lipinski definition) is 2. The summed E-state index contributed by atoms with van der Waals surface area (Å²) in [6.07, 6.45) is 0. The van der Waals surface area contributed by atoms with Crippen LogP contribution in [0, 0.1) is 0 Å². The minimum atomic E-state index is 0. The first kappa shape index (κ1) is 25.8. The summed E-state index contributed by atoms with van der Waals surface area (Å²) >= 11 is 1.51. The van der Waals surface area contributed by atoms with E-state index in [0.29, 0.717) is 6.61 Å². The minimum Gasteiger partial charge on any atom is -1.00 e. The Labute approximate surface area is 188 Å². The van der Waals surface area contributed by atoms with E-state index in [4.69, 9.17) is 9.84 Å². The molecule has 0 heterocycles. The van der Waals surface area contributed by atoms with Crippen molar-refractivity contribution in [2.75, 3.05) is 13.2 Å². The molecule has 142 valence electrons. The van der Waals surface area contributed by atoms with E-state index in [1.165, 1.54) is 45.8 Å². The van der Waals surface area contributed by atoms with Crippen LogP contribution in [0.25, 0.3) is 21.5 Å². The van der Waals surface area contributed by atoms with Gasteiger partial charge in [-0.05, 0) is 0 Å². The molecule has 0 bridgehead atoms. The van der Waals surface area contributed by atoms with Crippen LogP contribution in [0.3, 0.4) is 0 Å². The first-order valence-corrected chi connectivity index (χ1v) is 9.65. The summed E-state index contributed by atoms with van der Waals surface area (Å²) in [5.74, 6) is 0.823. The van der Waals surface area contributed by atoms with Crippen LogP contribution >= 0.6 is 0 Å². The van der Waals surface area contributed by atoms with Crippen molar-refractivity contribution in [2.45, 2.75) is 6.92 Å². The van der Waals surface area contributed by atoms with Crippen LogP contribution in [0.5, 0.6) is 5.75 Å². The Bertz CT molecular complexity index is 835. The van der Waals surface area contributed by atoms with E-state index in [1.54, 1.807) is 0 Å². The quantitative estimate of drug-likeness (QED) is 0.376. The van der Waals surface area contributed by atoms with E-state index < -0.39 is 0 Å². The average Bonchev–Trinajstić information content (AvgIpc) is 3.28. The molecular weight excluding hydrogens is 458 g/mol. The Balaban J connectivity index is 0.000000430. The third-order valence-corrected chi connectivity index (χ3v) is 3.51. The Morgan fingerprint density at radius 2 is 1.44 bits per heavy atom. The number of halogens is 2. The Morgan fingerprint density at radius 1 is 0.926 bits per heavy atom. The van der Waals surface area contributed by atoms with Gasteiger partial charge >= 0.3 is 34.9 Å². The van der Waals surface area contributed by atoms with Crippen molar-refractivity contribution in [3.8, 4) is 5.75 Å². The van der Waals surface area contributed by atoms with Crippen molar-refractivity contribution >= 4 is 25.3 Å². The molecule has 0 saturated heterocycles. The van der Waals surface area contributed by atoms with Crippen LogP contribution in [0.2, 0.25) is 0 Å². The van der Waals surface area contributed by atoms with Crippen LogP contribution in [0.15, 0.2) is 78.9 Å². The van der Waals surface area contributed by atoms with Gasteiger partial charge in [-0.2, -0.15) is 12.1 Å². The molecule has 2 nitrogen and oxygen atoms in total. The molecule has 1 N–H and O–H groups in total. The van der Waals surface area contributed by atoms with Crippen molar-refractivity contribution in [3.05, 3.63) is 78.9 Å². The summed E-state index contributed by atoms with van der Waals surface area (Å²) in [7, 11) is 0. The molecule has 0 radical (unpaired) electrons. The van der Waals surface area contributed by atoms with Gasteiger partial charge in [0, 0.05) is 5.75 Å². The molecular formula is C22H22Cl2O2Zr-2. The van der Waals surface area contributed by atoms with E-state index >= 15 is 0 Å². The molecule has 4 rings (SSSR count). The molecule has 0 atom stereocenters. The van der Waals surface area contributed by atoms with Gasteiger partial charge in [-0.1, -0.05) is 36.4 Å². The third-order valence-electron chi connectivity index (χ3n) is 3.51. The fourth-order valence-corrected chi connectivity index (χ4v) is 2.52. The predicted octanol–water partition coefficient (Wildman–Crippen LogP) is -1.15. The molecule has 4 aromatic carbocycles. The molecule has 0 aliphatic carbocycles. The average molecular weight is 481 g/mol.